The lowest BCUT2D eigenvalue weighted by atomic mass is 10.0. The highest BCUT2D eigenvalue weighted by molar-refractivity contribution is 5.83. The van der Waals surface area contributed by atoms with E-state index in [1.165, 1.54) is 5.56 Å². The predicted octanol–water partition coefficient (Wildman–Crippen LogP) is 2.04. The number of hydrazine groups is 1. The molecule has 0 saturated carbocycles. The SMILES string of the molecule is Cc1ccc(CC(=O)NNC(=O)CC(C)C)cc1C. The summed E-state index contributed by atoms with van der Waals surface area (Å²) in [4.78, 5) is 23.1. The first-order chi connectivity index (χ1) is 8.88. The Balaban J connectivity index is 2.43. The highest BCUT2D eigenvalue weighted by atomic mass is 16.2. The molecule has 0 saturated heterocycles. The van der Waals surface area contributed by atoms with Crippen LogP contribution in [0.5, 0.6) is 0 Å². The van der Waals surface area contributed by atoms with Crippen LogP contribution in [-0.2, 0) is 16.0 Å². The largest absolute Gasteiger partial charge is 0.273 e. The Morgan fingerprint density at radius 1 is 1.05 bits per heavy atom. The minimum Gasteiger partial charge on any atom is -0.273 e. The minimum atomic E-state index is -0.208. The van der Waals surface area contributed by atoms with Gasteiger partial charge in [-0.1, -0.05) is 32.0 Å². The number of hydrogen-bond donors (Lipinski definition) is 2. The highest BCUT2D eigenvalue weighted by Crippen LogP contribution is 2.10. The van der Waals surface area contributed by atoms with Crippen molar-refractivity contribution in [3.63, 3.8) is 0 Å². The van der Waals surface area contributed by atoms with Crippen molar-refractivity contribution < 1.29 is 9.59 Å². The number of nitrogens with one attached hydrogen (secondary N) is 2. The molecule has 1 aromatic carbocycles. The van der Waals surface area contributed by atoms with E-state index in [1.54, 1.807) is 0 Å². The van der Waals surface area contributed by atoms with Gasteiger partial charge in [0.05, 0.1) is 6.42 Å². The van der Waals surface area contributed by atoms with Crippen LogP contribution >= 0.6 is 0 Å². The standard InChI is InChI=1S/C15H22N2O2/c1-10(2)7-14(18)16-17-15(19)9-13-6-5-11(3)12(4)8-13/h5-6,8,10H,7,9H2,1-4H3,(H,16,18)(H,17,19). The Morgan fingerprint density at radius 2 is 1.68 bits per heavy atom. The molecule has 0 bridgehead atoms. The average molecular weight is 262 g/mol. The van der Waals surface area contributed by atoms with Crippen LogP contribution in [-0.4, -0.2) is 11.8 Å². The molecule has 0 heterocycles. The maximum Gasteiger partial charge on any atom is 0.242 e. The summed E-state index contributed by atoms with van der Waals surface area (Å²) in [6.45, 7) is 7.96. The smallest absolute Gasteiger partial charge is 0.242 e. The number of amides is 2. The lowest BCUT2D eigenvalue weighted by Gasteiger charge is -2.09. The molecule has 2 N–H and O–H groups in total. The van der Waals surface area contributed by atoms with Gasteiger partial charge in [0.25, 0.3) is 0 Å². The molecular weight excluding hydrogens is 240 g/mol. The fourth-order valence-corrected chi connectivity index (χ4v) is 1.70. The van der Waals surface area contributed by atoms with E-state index in [0.717, 1.165) is 11.1 Å². The minimum absolute atomic E-state index is 0.163. The van der Waals surface area contributed by atoms with Gasteiger partial charge in [0, 0.05) is 6.42 Å². The molecule has 4 heteroatoms. The van der Waals surface area contributed by atoms with Gasteiger partial charge in [-0.15, -0.1) is 0 Å². The monoisotopic (exact) mass is 262 g/mol. The molecular formula is C15H22N2O2. The molecule has 2 amide bonds. The molecule has 0 spiro atoms. The van der Waals surface area contributed by atoms with E-state index in [-0.39, 0.29) is 24.2 Å². The third-order valence-electron chi connectivity index (χ3n) is 2.87. The Hall–Kier alpha value is -1.84. The van der Waals surface area contributed by atoms with Crippen molar-refractivity contribution in [3.8, 4) is 0 Å². The number of carbonyl (C=O) groups is 2. The topological polar surface area (TPSA) is 58.2 Å². The molecule has 0 atom stereocenters. The van der Waals surface area contributed by atoms with Crippen LogP contribution in [0.3, 0.4) is 0 Å². The van der Waals surface area contributed by atoms with Crippen molar-refractivity contribution in [1.82, 2.24) is 10.9 Å². The van der Waals surface area contributed by atoms with E-state index in [9.17, 15) is 9.59 Å². The summed E-state index contributed by atoms with van der Waals surface area (Å²) in [5.74, 6) is -0.0968. The van der Waals surface area contributed by atoms with Gasteiger partial charge in [-0.05, 0) is 36.5 Å². The first kappa shape index (κ1) is 15.2. The molecule has 1 rings (SSSR count). The Bertz CT molecular complexity index is 467. The number of hydrogen-bond acceptors (Lipinski definition) is 2. The second kappa shape index (κ2) is 6.92. The highest BCUT2D eigenvalue weighted by Gasteiger charge is 2.07. The second-order valence-corrected chi connectivity index (χ2v) is 5.29. The van der Waals surface area contributed by atoms with Crippen molar-refractivity contribution in [2.45, 2.75) is 40.5 Å². The summed E-state index contributed by atoms with van der Waals surface area (Å²) in [6, 6.07) is 5.91. The molecule has 0 radical (unpaired) electrons. The molecule has 0 aliphatic carbocycles. The van der Waals surface area contributed by atoms with Crippen molar-refractivity contribution in [1.29, 1.82) is 0 Å². The molecule has 19 heavy (non-hydrogen) atoms. The van der Waals surface area contributed by atoms with Crippen molar-refractivity contribution in [2.24, 2.45) is 5.92 Å². The van der Waals surface area contributed by atoms with Crippen molar-refractivity contribution in [3.05, 3.63) is 34.9 Å². The number of benzene rings is 1. The molecule has 0 aliphatic heterocycles. The number of aryl methyl sites for hydroxylation is 2. The van der Waals surface area contributed by atoms with Gasteiger partial charge in [0.15, 0.2) is 0 Å². The van der Waals surface area contributed by atoms with Crippen LogP contribution < -0.4 is 10.9 Å². The predicted molar refractivity (Wildman–Crippen MR) is 75.4 cm³/mol. The summed E-state index contributed by atoms with van der Waals surface area (Å²) in [5.41, 5.74) is 8.16. The fraction of sp³-hybridized carbons (Fsp3) is 0.467. The van der Waals surface area contributed by atoms with Gasteiger partial charge in [-0.3, -0.25) is 20.4 Å². The van der Waals surface area contributed by atoms with Gasteiger partial charge in [-0.25, -0.2) is 0 Å². The zero-order valence-corrected chi connectivity index (χ0v) is 12.0. The van der Waals surface area contributed by atoms with Crippen LogP contribution in [0.15, 0.2) is 18.2 Å². The van der Waals surface area contributed by atoms with E-state index in [0.29, 0.717) is 6.42 Å². The van der Waals surface area contributed by atoms with Gasteiger partial charge in [0.1, 0.15) is 0 Å². The molecule has 0 aromatic heterocycles. The summed E-state index contributed by atoms with van der Waals surface area (Å²) in [5, 5.41) is 0. The third kappa shape index (κ3) is 5.55. The van der Waals surface area contributed by atoms with Crippen LogP contribution in [0.4, 0.5) is 0 Å². The second-order valence-electron chi connectivity index (χ2n) is 5.29. The van der Waals surface area contributed by atoms with Gasteiger partial charge in [0.2, 0.25) is 11.8 Å². The maximum absolute atomic E-state index is 11.7. The van der Waals surface area contributed by atoms with Crippen LogP contribution in [0.2, 0.25) is 0 Å². The van der Waals surface area contributed by atoms with Crippen LogP contribution in [0.25, 0.3) is 0 Å². The lowest BCUT2D eigenvalue weighted by Crippen LogP contribution is -2.42. The van der Waals surface area contributed by atoms with E-state index in [1.807, 2.05) is 45.9 Å². The van der Waals surface area contributed by atoms with E-state index in [2.05, 4.69) is 10.9 Å². The van der Waals surface area contributed by atoms with E-state index >= 15 is 0 Å². The summed E-state index contributed by atoms with van der Waals surface area (Å²) in [7, 11) is 0. The van der Waals surface area contributed by atoms with Gasteiger partial charge < -0.3 is 0 Å². The number of carbonyl (C=O) groups excluding carboxylic acids is 2. The van der Waals surface area contributed by atoms with Crippen LogP contribution in [0.1, 0.15) is 37.0 Å². The fourth-order valence-electron chi connectivity index (χ4n) is 1.70. The molecule has 4 nitrogen and oxygen atoms in total. The molecule has 1 aromatic rings. The Morgan fingerprint density at radius 3 is 2.26 bits per heavy atom. The first-order valence-electron chi connectivity index (χ1n) is 6.52. The lowest BCUT2D eigenvalue weighted by molar-refractivity contribution is -0.129. The first-order valence-corrected chi connectivity index (χ1v) is 6.52. The Labute approximate surface area is 114 Å². The maximum atomic E-state index is 11.7. The van der Waals surface area contributed by atoms with Gasteiger partial charge in [-0.2, -0.15) is 0 Å². The quantitative estimate of drug-likeness (QED) is 0.816. The van der Waals surface area contributed by atoms with Gasteiger partial charge >= 0.3 is 0 Å². The zero-order valence-electron chi connectivity index (χ0n) is 12.0. The third-order valence-corrected chi connectivity index (χ3v) is 2.87. The normalized spacial score (nSPS) is 10.4. The summed E-state index contributed by atoms with van der Waals surface area (Å²) < 4.78 is 0. The summed E-state index contributed by atoms with van der Waals surface area (Å²) >= 11 is 0. The molecule has 0 unspecified atom stereocenters. The molecule has 0 aliphatic rings. The zero-order chi connectivity index (χ0) is 14.4. The molecule has 104 valence electrons. The van der Waals surface area contributed by atoms with E-state index < -0.39 is 0 Å². The van der Waals surface area contributed by atoms with E-state index in [4.69, 9.17) is 0 Å². The number of rotatable bonds is 4. The van der Waals surface area contributed by atoms with Crippen LogP contribution in [0, 0.1) is 19.8 Å². The van der Waals surface area contributed by atoms with Crippen molar-refractivity contribution in [2.75, 3.05) is 0 Å². The Kier molecular flexibility index (Phi) is 5.55. The van der Waals surface area contributed by atoms with Crippen molar-refractivity contribution >= 4 is 11.8 Å². The summed E-state index contributed by atoms with van der Waals surface area (Å²) in [6.07, 6.45) is 0.674. The molecule has 0 fully saturated rings. The average Bonchev–Trinajstić information content (AvgIpc) is 2.30.